The summed E-state index contributed by atoms with van der Waals surface area (Å²) in [6.07, 6.45) is 0. The van der Waals surface area contributed by atoms with E-state index in [1.807, 2.05) is 11.3 Å². The van der Waals surface area contributed by atoms with E-state index in [9.17, 15) is 0 Å². The molecule has 9 aromatic carbocycles. The zero-order valence-corrected chi connectivity index (χ0v) is 30.4. The molecule has 0 spiro atoms. The van der Waals surface area contributed by atoms with Crippen LogP contribution in [-0.2, 0) is 0 Å². The summed E-state index contributed by atoms with van der Waals surface area (Å²) in [4.78, 5) is 2.44. The van der Waals surface area contributed by atoms with Crippen LogP contribution in [0.25, 0.3) is 75.5 Å². The van der Waals surface area contributed by atoms with Crippen molar-refractivity contribution >= 4 is 59.3 Å². The molecule has 0 aliphatic carbocycles. The van der Waals surface area contributed by atoms with Gasteiger partial charge in [0, 0.05) is 26.8 Å². The van der Waals surface area contributed by atoms with Gasteiger partial charge < -0.3 is 4.90 Å². The number of hydrogen-bond acceptors (Lipinski definition) is 2. The highest BCUT2D eigenvalue weighted by Gasteiger charge is 2.22. The Hall–Kier alpha value is -6.74. The average Bonchev–Trinajstić information content (AvgIpc) is 3.65. The van der Waals surface area contributed by atoms with Gasteiger partial charge in [0.15, 0.2) is 0 Å². The van der Waals surface area contributed by atoms with E-state index in [4.69, 9.17) is 0 Å². The van der Waals surface area contributed by atoms with Crippen LogP contribution in [0.5, 0.6) is 0 Å². The van der Waals surface area contributed by atoms with Crippen molar-refractivity contribution in [2.24, 2.45) is 0 Å². The van der Waals surface area contributed by atoms with Gasteiger partial charge in [0.2, 0.25) is 0 Å². The fraction of sp³-hybridized carbons (Fsp3) is 0. The minimum absolute atomic E-state index is 1.11. The van der Waals surface area contributed by atoms with E-state index in [0.717, 1.165) is 17.1 Å². The summed E-state index contributed by atoms with van der Waals surface area (Å²) in [5, 5.41) is 5.08. The highest BCUT2D eigenvalue weighted by atomic mass is 32.1. The maximum atomic E-state index is 2.44. The van der Waals surface area contributed by atoms with E-state index < -0.39 is 0 Å². The molecule has 2 heteroatoms. The molecule has 0 unspecified atom stereocenters. The Bertz CT molecular complexity index is 2890. The van der Waals surface area contributed by atoms with Crippen molar-refractivity contribution in [3.05, 3.63) is 212 Å². The summed E-state index contributed by atoms with van der Waals surface area (Å²) in [5.74, 6) is 0. The van der Waals surface area contributed by atoms with Crippen LogP contribution in [0.2, 0.25) is 0 Å². The number of anilines is 3. The SMILES string of the molecule is c1ccc(-c2ccc(N(c3ccc(-c4cccc5ccccc45)cc3)c3ccc(-c4ccccc4)c4c3sc3c(-c5ccccc5)cccc34)cc2)cc1. The average molecular weight is 706 g/mol. The molecule has 10 aromatic rings. The maximum Gasteiger partial charge on any atom is 0.0640 e. The predicted molar refractivity (Wildman–Crippen MR) is 233 cm³/mol. The molecule has 0 saturated carbocycles. The molecule has 0 fully saturated rings. The molecule has 0 amide bonds. The van der Waals surface area contributed by atoms with Crippen LogP contribution in [0.1, 0.15) is 0 Å². The van der Waals surface area contributed by atoms with Gasteiger partial charge in [0.1, 0.15) is 0 Å². The van der Waals surface area contributed by atoms with Crippen LogP contribution < -0.4 is 4.90 Å². The van der Waals surface area contributed by atoms with Crippen LogP contribution in [0.3, 0.4) is 0 Å². The molecule has 1 aromatic heterocycles. The molecule has 54 heavy (non-hydrogen) atoms. The first-order valence-corrected chi connectivity index (χ1v) is 19.2. The lowest BCUT2D eigenvalue weighted by Crippen LogP contribution is -2.10. The van der Waals surface area contributed by atoms with Crippen molar-refractivity contribution in [3.63, 3.8) is 0 Å². The van der Waals surface area contributed by atoms with Crippen LogP contribution in [0.4, 0.5) is 17.1 Å². The molecule has 0 aliphatic heterocycles. The number of hydrogen-bond donors (Lipinski definition) is 0. The van der Waals surface area contributed by atoms with Crippen molar-refractivity contribution in [1.29, 1.82) is 0 Å². The van der Waals surface area contributed by atoms with E-state index in [1.54, 1.807) is 0 Å². The van der Waals surface area contributed by atoms with Gasteiger partial charge in [-0.05, 0) is 85.6 Å². The summed E-state index contributed by atoms with van der Waals surface area (Å²) >= 11 is 1.90. The maximum absolute atomic E-state index is 2.44. The molecule has 0 radical (unpaired) electrons. The van der Waals surface area contributed by atoms with Crippen LogP contribution in [0.15, 0.2) is 212 Å². The van der Waals surface area contributed by atoms with E-state index >= 15 is 0 Å². The molecule has 1 nitrogen and oxygen atoms in total. The zero-order chi connectivity index (χ0) is 35.8. The van der Waals surface area contributed by atoms with Gasteiger partial charge in [-0.2, -0.15) is 0 Å². The Morgan fingerprint density at radius 2 is 0.778 bits per heavy atom. The quantitative estimate of drug-likeness (QED) is 0.160. The molecule has 0 aliphatic rings. The summed E-state index contributed by atoms with van der Waals surface area (Å²) < 4.78 is 2.56. The molecular weight excluding hydrogens is 671 g/mol. The third-order valence-corrected chi connectivity index (χ3v) is 11.8. The molecule has 0 bridgehead atoms. The third kappa shape index (κ3) is 5.65. The van der Waals surface area contributed by atoms with Crippen molar-refractivity contribution in [3.8, 4) is 44.5 Å². The largest absolute Gasteiger partial charge is 0.309 e. The van der Waals surface area contributed by atoms with Gasteiger partial charge in [0.05, 0.1) is 10.4 Å². The van der Waals surface area contributed by atoms with Crippen LogP contribution >= 0.6 is 11.3 Å². The molecule has 0 N–H and O–H groups in total. The van der Waals surface area contributed by atoms with Crippen LogP contribution in [0, 0.1) is 0 Å². The summed E-state index contributed by atoms with van der Waals surface area (Å²) in [7, 11) is 0. The summed E-state index contributed by atoms with van der Waals surface area (Å²) in [6.45, 7) is 0. The van der Waals surface area contributed by atoms with Gasteiger partial charge in [-0.25, -0.2) is 0 Å². The Morgan fingerprint density at radius 1 is 0.296 bits per heavy atom. The van der Waals surface area contributed by atoms with Crippen molar-refractivity contribution in [2.75, 3.05) is 4.90 Å². The molecule has 0 saturated heterocycles. The van der Waals surface area contributed by atoms with E-state index in [2.05, 4.69) is 217 Å². The highest BCUT2D eigenvalue weighted by molar-refractivity contribution is 7.27. The predicted octanol–water partition coefficient (Wildman–Crippen LogP) is 15.3. The first-order valence-electron chi connectivity index (χ1n) is 18.4. The van der Waals surface area contributed by atoms with Gasteiger partial charge in [-0.3, -0.25) is 0 Å². The standard InChI is InChI=1S/C52H35NS/c1-4-14-36(15-5-1)37-26-30-42(31-27-37)53(43-32-28-41(29-33-43)45-23-12-21-38-20-10-11-22-44(38)45)49-35-34-46(39-16-6-2-7-17-39)50-48-25-13-24-47(51(48)54-52(49)50)40-18-8-3-9-19-40/h1-35H. The lowest BCUT2D eigenvalue weighted by atomic mass is 9.96. The van der Waals surface area contributed by atoms with Crippen molar-refractivity contribution in [1.82, 2.24) is 0 Å². The third-order valence-electron chi connectivity index (χ3n) is 10.5. The molecule has 1 heterocycles. The van der Waals surface area contributed by atoms with Crippen molar-refractivity contribution in [2.45, 2.75) is 0 Å². The lowest BCUT2D eigenvalue weighted by molar-refractivity contribution is 1.30. The number of nitrogens with zero attached hydrogens (tertiary/aromatic N) is 1. The number of benzene rings is 9. The van der Waals surface area contributed by atoms with Gasteiger partial charge in [-0.15, -0.1) is 11.3 Å². The lowest BCUT2D eigenvalue weighted by Gasteiger charge is -2.27. The van der Waals surface area contributed by atoms with E-state index in [-0.39, 0.29) is 0 Å². The topological polar surface area (TPSA) is 3.24 Å². The Balaban J connectivity index is 1.20. The minimum atomic E-state index is 1.11. The smallest absolute Gasteiger partial charge is 0.0640 e. The zero-order valence-electron chi connectivity index (χ0n) is 29.6. The molecule has 0 atom stereocenters. The summed E-state index contributed by atoms with van der Waals surface area (Å²) in [6, 6.07) is 77.0. The Morgan fingerprint density at radius 3 is 1.46 bits per heavy atom. The first-order chi connectivity index (χ1) is 26.8. The number of thiophene rings is 1. The fourth-order valence-electron chi connectivity index (χ4n) is 7.90. The minimum Gasteiger partial charge on any atom is -0.309 e. The van der Waals surface area contributed by atoms with Gasteiger partial charge in [-0.1, -0.05) is 182 Å². The Labute approximate surface area is 319 Å². The highest BCUT2D eigenvalue weighted by Crippen LogP contribution is 2.50. The normalized spacial score (nSPS) is 11.3. The van der Waals surface area contributed by atoms with Gasteiger partial charge >= 0.3 is 0 Å². The first kappa shape index (κ1) is 32.0. The number of fused-ring (bicyclic) bond motifs is 4. The summed E-state index contributed by atoms with van der Waals surface area (Å²) in [5.41, 5.74) is 13.2. The number of rotatable bonds is 7. The van der Waals surface area contributed by atoms with E-state index in [1.165, 1.54) is 75.5 Å². The van der Waals surface area contributed by atoms with Gasteiger partial charge in [0.25, 0.3) is 0 Å². The van der Waals surface area contributed by atoms with Crippen molar-refractivity contribution < 1.29 is 0 Å². The van der Waals surface area contributed by atoms with Crippen LogP contribution in [-0.4, -0.2) is 0 Å². The second-order valence-corrected chi connectivity index (χ2v) is 14.7. The molecule has 10 rings (SSSR count). The monoisotopic (exact) mass is 705 g/mol. The second kappa shape index (κ2) is 13.7. The second-order valence-electron chi connectivity index (χ2n) is 13.7. The Kier molecular flexibility index (Phi) is 8.09. The fourth-order valence-corrected chi connectivity index (χ4v) is 9.26. The molecule has 254 valence electrons. The molecular formula is C52H35NS. The van der Waals surface area contributed by atoms with E-state index in [0.29, 0.717) is 0 Å².